The SMILES string of the molecule is NCCCc1cc(NC(=O)Nc2ccc(SCCN)c(C(F)(F)F)c2)ccc1Oc1cc(NCCN)cc(C(F)(F)F)c1. The van der Waals surface area contributed by atoms with Crippen LogP contribution in [0.15, 0.2) is 59.5 Å². The Bertz CT molecular complexity index is 1390. The largest absolute Gasteiger partial charge is 0.457 e. The van der Waals surface area contributed by atoms with E-state index in [1.165, 1.54) is 30.3 Å². The summed E-state index contributed by atoms with van der Waals surface area (Å²) in [6, 6.07) is 10.4. The van der Waals surface area contributed by atoms with Crippen LogP contribution >= 0.6 is 11.8 Å². The Morgan fingerprint density at radius 2 is 1.49 bits per heavy atom. The standard InChI is InChI=1S/C28H32F6N6O2S/c29-27(30,31)18-13-21(38-10-8-36)15-22(14-18)42-24-5-3-19(12-17(24)2-1-7-35)39-26(41)40-20-4-6-25(43-11-9-37)23(16-20)28(32,33)34/h3-6,12-16,38H,1-2,7-11,35-37H2,(H2,39,40,41). The number of anilines is 3. The van der Waals surface area contributed by atoms with E-state index >= 15 is 0 Å². The van der Waals surface area contributed by atoms with E-state index in [0.29, 0.717) is 30.7 Å². The zero-order chi connectivity index (χ0) is 31.6. The second kappa shape index (κ2) is 15.2. The van der Waals surface area contributed by atoms with Gasteiger partial charge in [0.1, 0.15) is 11.5 Å². The minimum atomic E-state index is -4.64. The second-order valence-corrected chi connectivity index (χ2v) is 10.3. The number of benzene rings is 3. The smallest absolute Gasteiger partial charge is 0.417 e. The fourth-order valence-corrected chi connectivity index (χ4v) is 4.76. The fraction of sp³-hybridized carbons (Fsp3) is 0.321. The van der Waals surface area contributed by atoms with E-state index in [1.54, 1.807) is 6.07 Å². The molecule has 2 amide bonds. The summed E-state index contributed by atoms with van der Waals surface area (Å²) >= 11 is 0.962. The first-order chi connectivity index (χ1) is 20.3. The number of thioether (sulfide) groups is 1. The fourth-order valence-electron chi connectivity index (χ4n) is 3.93. The Kier molecular flexibility index (Phi) is 11.9. The molecule has 43 heavy (non-hydrogen) atoms. The molecule has 0 heterocycles. The Hall–Kier alpha value is -3.66. The molecule has 0 spiro atoms. The van der Waals surface area contributed by atoms with Crippen LogP contribution in [-0.2, 0) is 18.8 Å². The van der Waals surface area contributed by atoms with Crippen molar-refractivity contribution < 1.29 is 35.9 Å². The minimum Gasteiger partial charge on any atom is -0.457 e. The summed E-state index contributed by atoms with van der Waals surface area (Å²) in [5, 5.41) is 7.76. The van der Waals surface area contributed by atoms with E-state index in [9.17, 15) is 31.1 Å². The van der Waals surface area contributed by atoms with E-state index in [2.05, 4.69) is 16.0 Å². The van der Waals surface area contributed by atoms with Gasteiger partial charge in [0.2, 0.25) is 0 Å². The van der Waals surface area contributed by atoms with E-state index in [0.717, 1.165) is 30.0 Å². The van der Waals surface area contributed by atoms with Gasteiger partial charge in [0.25, 0.3) is 0 Å². The molecule has 0 saturated heterocycles. The first-order valence-corrected chi connectivity index (χ1v) is 14.1. The highest BCUT2D eigenvalue weighted by molar-refractivity contribution is 7.99. The molecule has 9 N–H and O–H groups in total. The minimum absolute atomic E-state index is 0.00732. The molecule has 0 aliphatic rings. The van der Waals surface area contributed by atoms with Gasteiger partial charge in [-0.15, -0.1) is 11.8 Å². The van der Waals surface area contributed by atoms with Gasteiger partial charge in [-0.05, 0) is 73.5 Å². The van der Waals surface area contributed by atoms with Gasteiger partial charge in [0.05, 0.1) is 11.1 Å². The van der Waals surface area contributed by atoms with E-state index in [4.69, 9.17) is 21.9 Å². The number of ether oxygens (including phenoxy) is 1. The molecule has 3 aromatic carbocycles. The highest BCUT2D eigenvalue weighted by Gasteiger charge is 2.34. The Balaban J connectivity index is 1.82. The number of amides is 2. The summed E-state index contributed by atoms with van der Waals surface area (Å²) in [5.41, 5.74) is 15.6. The normalized spacial score (nSPS) is 11.7. The highest BCUT2D eigenvalue weighted by atomic mass is 32.2. The number of carbonyl (C=O) groups excluding carboxylic acids is 1. The third-order valence-corrected chi connectivity index (χ3v) is 6.93. The molecule has 0 unspecified atom stereocenters. The topological polar surface area (TPSA) is 140 Å². The lowest BCUT2D eigenvalue weighted by Gasteiger charge is -2.17. The molecular weight excluding hydrogens is 598 g/mol. The predicted octanol–water partition coefficient (Wildman–Crippen LogP) is 6.47. The van der Waals surface area contributed by atoms with Crippen molar-refractivity contribution >= 4 is 34.9 Å². The number of urea groups is 1. The molecule has 0 bridgehead atoms. The lowest BCUT2D eigenvalue weighted by molar-refractivity contribution is -0.140. The molecule has 0 fully saturated rings. The van der Waals surface area contributed by atoms with Crippen molar-refractivity contribution in [3.05, 3.63) is 71.3 Å². The monoisotopic (exact) mass is 630 g/mol. The van der Waals surface area contributed by atoms with Crippen LogP contribution in [0.4, 0.5) is 48.2 Å². The van der Waals surface area contributed by atoms with Gasteiger partial charge in [-0.3, -0.25) is 0 Å². The molecule has 15 heteroatoms. The summed E-state index contributed by atoms with van der Waals surface area (Å²) in [4.78, 5) is 12.7. The number of halogens is 6. The molecule has 8 nitrogen and oxygen atoms in total. The van der Waals surface area contributed by atoms with Crippen LogP contribution in [-0.4, -0.2) is 38.0 Å². The van der Waals surface area contributed by atoms with E-state index in [-0.39, 0.29) is 53.1 Å². The number of nitrogens with one attached hydrogen (secondary N) is 3. The maximum atomic E-state index is 13.6. The molecular formula is C28H32F6N6O2S. The van der Waals surface area contributed by atoms with Crippen LogP contribution in [0.1, 0.15) is 23.1 Å². The van der Waals surface area contributed by atoms with Crippen molar-refractivity contribution in [2.75, 3.05) is 47.9 Å². The predicted molar refractivity (Wildman–Crippen MR) is 157 cm³/mol. The molecule has 0 radical (unpaired) electrons. The maximum Gasteiger partial charge on any atom is 0.417 e. The summed E-state index contributed by atoms with van der Waals surface area (Å²) in [6.07, 6.45) is -8.38. The highest BCUT2D eigenvalue weighted by Crippen LogP contribution is 2.39. The average molecular weight is 631 g/mol. The molecule has 0 saturated carbocycles. The summed E-state index contributed by atoms with van der Waals surface area (Å²) in [7, 11) is 0. The quantitative estimate of drug-likeness (QED) is 0.0939. The number of rotatable bonds is 13. The van der Waals surface area contributed by atoms with Gasteiger partial charge in [-0.2, -0.15) is 26.3 Å². The van der Waals surface area contributed by atoms with Gasteiger partial charge >= 0.3 is 18.4 Å². The lowest BCUT2D eigenvalue weighted by Crippen LogP contribution is -2.20. The molecule has 3 aromatic rings. The van der Waals surface area contributed by atoms with Crippen LogP contribution in [0.2, 0.25) is 0 Å². The third kappa shape index (κ3) is 10.2. The van der Waals surface area contributed by atoms with Crippen LogP contribution in [0.5, 0.6) is 11.5 Å². The van der Waals surface area contributed by atoms with Gasteiger partial charge in [0, 0.05) is 53.4 Å². The third-order valence-electron chi connectivity index (χ3n) is 5.82. The maximum absolute atomic E-state index is 13.6. The number of carbonyl (C=O) groups is 1. The zero-order valence-corrected chi connectivity index (χ0v) is 23.7. The van der Waals surface area contributed by atoms with Crippen LogP contribution in [0, 0.1) is 0 Å². The van der Waals surface area contributed by atoms with Crippen molar-refractivity contribution in [3.8, 4) is 11.5 Å². The first-order valence-electron chi connectivity index (χ1n) is 13.1. The van der Waals surface area contributed by atoms with E-state index < -0.39 is 29.5 Å². The Morgan fingerprint density at radius 3 is 2.12 bits per heavy atom. The molecule has 0 aliphatic heterocycles. The zero-order valence-electron chi connectivity index (χ0n) is 22.9. The summed E-state index contributed by atoms with van der Waals surface area (Å²) in [5.74, 6) is 0.460. The lowest BCUT2D eigenvalue weighted by atomic mass is 10.1. The number of hydrogen-bond acceptors (Lipinski definition) is 7. The van der Waals surface area contributed by atoms with Crippen molar-refractivity contribution in [3.63, 3.8) is 0 Å². The van der Waals surface area contributed by atoms with Crippen molar-refractivity contribution in [1.29, 1.82) is 0 Å². The number of hydrogen-bond donors (Lipinski definition) is 6. The van der Waals surface area contributed by atoms with Gasteiger partial charge in [0.15, 0.2) is 0 Å². The first kappa shape index (κ1) is 33.8. The van der Waals surface area contributed by atoms with E-state index in [1.807, 2.05) is 0 Å². The molecule has 0 atom stereocenters. The number of nitrogens with two attached hydrogens (primary N) is 3. The number of alkyl halides is 6. The summed E-state index contributed by atoms with van der Waals surface area (Å²) < 4.78 is 87.1. The molecule has 0 aromatic heterocycles. The van der Waals surface area contributed by atoms with Crippen LogP contribution in [0.25, 0.3) is 0 Å². The van der Waals surface area contributed by atoms with Gasteiger partial charge < -0.3 is 37.9 Å². The molecule has 234 valence electrons. The van der Waals surface area contributed by atoms with Gasteiger partial charge in [-0.1, -0.05) is 0 Å². The molecule has 0 aliphatic carbocycles. The van der Waals surface area contributed by atoms with Gasteiger partial charge in [-0.25, -0.2) is 4.79 Å². The Labute approximate surface area is 248 Å². The summed E-state index contributed by atoms with van der Waals surface area (Å²) in [6.45, 7) is 0.976. The van der Waals surface area contributed by atoms with Crippen LogP contribution < -0.4 is 37.9 Å². The van der Waals surface area contributed by atoms with Crippen molar-refractivity contribution in [2.45, 2.75) is 30.1 Å². The second-order valence-electron chi connectivity index (χ2n) is 9.20. The van der Waals surface area contributed by atoms with Crippen molar-refractivity contribution in [2.24, 2.45) is 17.2 Å². The Morgan fingerprint density at radius 1 is 0.791 bits per heavy atom. The van der Waals surface area contributed by atoms with Crippen molar-refractivity contribution in [1.82, 2.24) is 0 Å². The van der Waals surface area contributed by atoms with Crippen LogP contribution in [0.3, 0.4) is 0 Å². The number of aryl methyl sites for hydroxylation is 1. The molecule has 3 rings (SSSR count). The average Bonchev–Trinajstić information content (AvgIpc) is 2.94.